The second kappa shape index (κ2) is 6.70. The van der Waals surface area contributed by atoms with Crippen LogP contribution in [0.3, 0.4) is 0 Å². The van der Waals surface area contributed by atoms with E-state index in [1.54, 1.807) is 6.92 Å². The number of carboxylic acids is 1. The van der Waals surface area contributed by atoms with E-state index in [0.29, 0.717) is 13.2 Å². The highest BCUT2D eigenvalue weighted by Gasteiger charge is 2.47. The summed E-state index contributed by atoms with van der Waals surface area (Å²) in [5.41, 5.74) is -1.04. The van der Waals surface area contributed by atoms with Gasteiger partial charge in [-0.05, 0) is 13.3 Å². The number of rotatable bonds is 7. The zero-order chi connectivity index (χ0) is 13.6. The van der Waals surface area contributed by atoms with Crippen LogP contribution < -0.4 is 5.32 Å². The van der Waals surface area contributed by atoms with E-state index < -0.39 is 17.4 Å². The summed E-state index contributed by atoms with van der Waals surface area (Å²) >= 11 is 0. The molecule has 0 aromatic rings. The van der Waals surface area contributed by atoms with Crippen LogP contribution in [0.2, 0.25) is 0 Å². The van der Waals surface area contributed by atoms with Gasteiger partial charge in [-0.25, -0.2) is 0 Å². The summed E-state index contributed by atoms with van der Waals surface area (Å²) in [6, 6.07) is -0.478. The lowest BCUT2D eigenvalue weighted by molar-refractivity contribution is -0.149. The molecule has 2 atom stereocenters. The molecule has 6 heteroatoms. The fourth-order valence-corrected chi connectivity index (χ4v) is 1.76. The molecule has 1 aliphatic heterocycles. The largest absolute Gasteiger partial charge is 0.481 e. The minimum atomic E-state index is -1.04. The molecule has 18 heavy (non-hydrogen) atoms. The van der Waals surface area contributed by atoms with Crippen LogP contribution in [0.5, 0.6) is 0 Å². The Balaban J connectivity index is 2.37. The molecule has 6 nitrogen and oxygen atoms in total. The predicted molar refractivity (Wildman–Crippen MR) is 64.2 cm³/mol. The third-order valence-electron chi connectivity index (χ3n) is 3.10. The van der Waals surface area contributed by atoms with Crippen molar-refractivity contribution >= 4 is 11.9 Å². The summed E-state index contributed by atoms with van der Waals surface area (Å²) in [7, 11) is 0. The van der Waals surface area contributed by atoms with E-state index in [0.717, 1.165) is 6.42 Å². The Bertz CT molecular complexity index is 307. The molecule has 1 aliphatic rings. The van der Waals surface area contributed by atoms with Crippen molar-refractivity contribution in [1.29, 1.82) is 0 Å². The number of amides is 1. The highest BCUT2D eigenvalue weighted by atomic mass is 16.5. The maximum absolute atomic E-state index is 11.6. The predicted octanol–water partition coefficient (Wildman–Crippen LogP) is 0.409. The van der Waals surface area contributed by atoms with Gasteiger partial charge in [-0.15, -0.1) is 0 Å². The van der Waals surface area contributed by atoms with Gasteiger partial charge in [0.1, 0.15) is 5.41 Å². The molecule has 0 bridgehead atoms. The normalized spacial score (nSPS) is 27.1. The summed E-state index contributed by atoms with van der Waals surface area (Å²) in [5, 5.41) is 11.8. The third-order valence-corrected chi connectivity index (χ3v) is 3.10. The van der Waals surface area contributed by atoms with E-state index in [2.05, 4.69) is 5.32 Å². The molecule has 2 N–H and O–H groups in total. The molecule has 1 heterocycles. The lowest BCUT2D eigenvalue weighted by atomic mass is 9.85. The Hall–Kier alpha value is -1.14. The first-order chi connectivity index (χ1) is 8.50. The monoisotopic (exact) mass is 259 g/mol. The van der Waals surface area contributed by atoms with E-state index in [1.807, 2.05) is 6.92 Å². The number of aliphatic carboxylic acids is 1. The molecule has 0 aromatic carbocycles. The number of nitrogens with one attached hydrogen (secondary N) is 1. The Morgan fingerprint density at radius 2 is 2.22 bits per heavy atom. The molecule has 2 unspecified atom stereocenters. The van der Waals surface area contributed by atoms with Crippen LogP contribution >= 0.6 is 0 Å². The standard InChI is InChI=1S/C12H21NO5/c1-3-5-17-6-4-10(14)13-9-7-18-8-12(9,2)11(15)16/h9H,3-8H2,1-2H3,(H,13,14)(H,15,16). The second-order valence-electron chi connectivity index (χ2n) is 4.72. The molecule has 1 fully saturated rings. The van der Waals surface area contributed by atoms with Gasteiger partial charge >= 0.3 is 5.97 Å². The maximum atomic E-state index is 11.6. The Morgan fingerprint density at radius 1 is 1.50 bits per heavy atom. The molecule has 0 saturated carbocycles. The van der Waals surface area contributed by atoms with Crippen molar-refractivity contribution in [2.24, 2.45) is 5.41 Å². The minimum Gasteiger partial charge on any atom is -0.481 e. The Kier molecular flexibility index (Phi) is 5.55. The summed E-state index contributed by atoms with van der Waals surface area (Å²) in [6.45, 7) is 4.93. The lowest BCUT2D eigenvalue weighted by Gasteiger charge is -2.25. The molecule has 1 amide bonds. The highest BCUT2D eigenvalue weighted by Crippen LogP contribution is 2.28. The van der Waals surface area contributed by atoms with Crippen LogP contribution in [-0.2, 0) is 19.1 Å². The van der Waals surface area contributed by atoms with Crippen LogP contribution in [0.25, 0.3) is 0 Å². The molecule has 1 saturated heterocycles. The molecule has 0 aromatic heterocycles. The van der Waals surface area contributed by atoms with E-state index in [-0.39, 0.29) is 25.5 Å². The summed E-state index contributed by atoms with van der Waals surface area (Å²) in [5.74, 6) is -1.15. The van der Waals surface area contributed by atoms with Gasteiger partial charge in [0, 0.05) is 13.0 Å². The first-order valence-electron chi connectivity index (χ1n) is 6.19. The SMILES string of the molecule is CCCOCCC(=O)NC1COCC1(C)C(=O)O. The number of carbonyl (C=O) groups is 2. The van der Waals surface area contributed by atoms with E-state index in [1.165, 1.54) is 0 Å². The lowest BCUT2D eigenvalue weighted by Crippen LogP contribution is -2.49. The quantitative estimate of drug-likeness (QED) is 0.647. The molecule has 0 aliphatic carbocycles. The van der Waals surface area contributed by atoms with Gasteiger partial charge in [0.15, 0.2) is 0 Å². The summed E-state index contributed by atoms with van der Waals surface area (Å²) in [6.07, 6.45) is 1.15. The smallest absolute Gasteiger partial charge is 0.313 e. The van der Waals surface area contributed by atoms with Crippen molar-refractivity contribution in [3.05, 3.63) is 0 Å². The molecule has 0 radical (unpaired) electrons. The Morgan fingerprint density at radius 3 is 2.83 bits per heavy atom. The van der Waals surface area contributed by atoms with Crippen LogP contribution in [0, 0.1) is 5.41 Å². The fraction of sp³-hybridized carbons (Fsp3) is 0.833. The average molecular weight is 259 g/mol. The first kappa shape index (κ1) is 14.9. The van der Waals surface area contributed by atoms with Crippen LogP contribution in [-0.4, -0.2) is 49.5 Å². The van der Waals surface area contributed by atoms with Crippen molar-refractivity contribution in [2.75, 3.05) is 26.4 Å². The number of carbonyl (C=O) groups excluding carboxylic acids is 1. The van der Waals surface area contributed by atoms with Gasteiger partial charge in [-0.3, -0.25) is 9.59 Å². The van der Waals surface area contributed by atoms with Crippen LogP contribution in [0.4, 0.5) is 0 Å². The number of ether oxygens (including phenoxy) is 2. The topological polar surface area (TPSA) is 84.9 Å². The minimum absolute atomic E-state index is 0.125. The molecular formula is C12H21NO5. The van der Waals surface area contributed by atoms with Gasteiger partial charge < -0.3 is 19.9 Å². The first-order valence-corrected chi connectivity index (χ1v) is 6.19. The zero-order valence-electron chi connectivity index (χ0n) is 10.9. The van der Waals surface area contributed by atoms with Gasteiger partial charge in [-0.2, -0.15) is 0 Å². The molecule has 0 spiro atoms. The molecule has 1 rings (SSSR count). The van der Waals surface area contributed by atoms with Gasteiger partial charge in [0.2, 0.25) is 5.91 Å². The summed E-state index contributed by atoms with van der Waals surface area (Å²) < 4.78 is 10.4. The van der Waals surface area contributed by atoms with Gasteiger partial charge in [-0.1, -0.05) is 6.92 Å². The third kappa shape index (κ3) is 3.68. The second-order valence-corrected chi connectivity index (χ2v) is 4.72. The van der Waals surface area contributed by atoms with E-state index >= 15 is 0 Å². The average Bonchev–Trinajstić information content (AvgIpc) is 2.68. The zero-order valence-corrected chi connectivity index (χ0v) is 10.9. The number of hydrogen-bond acceptors (Lipinski definition) is 4. The van der Waals surface area contributed by atoms with Crippen molar-refractivity contribution in [1.82, 2.24) is 5.32 Å². The Labute approximate surface area is 107 Å². The molecular weight excluding hydrogens is 238 g/mol. The number of hydrogen-bond donors (Lipinski definition) is 2. The van der Waals surface area contributed by atoms with Crippen molar-refractivity contribution < 1.29 is 24.2 Å². The van der Waals surface area contributed by atoms with Gasteiger partial charge in [0.25, 0.3) is 0 Å². The van der Waals surface area contributed by atoms with Crippen molar-refractivity contribution in [3.63, 3.8) is 0 Å². The number of carboxylic acid groups (broad SMARTS) is 1. The van der Waals surface area contributed by atoms with Crippen LogP contribution in [0.1, 0.15) is 26.7 Å². The molecule has 104 valence electrons. The summed E-state index contributed by atoms with van der Waals surface area (Å²) in [4.78, 5) is 22.8. The van der Waals surface area contributed by atoms with Gasteiger partial charge in [0.05, 0.1) is 25.9 Å². The maximum Gasteiger partial charge on any atom is 0.313 e. The van der Waals surface area contributed by atoms with E-state index in [9.17, 15) is 9.59 Å². The van der Waals surface area contributed by atoms with Crippen molar-refractivity contribution in [2.45, 2.75) is 32.7 Å². The van der Waals surface area contributed by atoms with Crippen LogP contribution in [0.15, 0.2) is 0 Å². The van der Waals surface area contributed by atoms with E-state index in [4.69, 9.17) is 14.6 Å². The fourth-order valence-electron chi connectivity index (χ4n) is 1.76. The van der Waals surface area contributed by atoms with Crippen molar-refractivity contribution in [3.8, 4) is 0 Å². The highest BCUT2D eigenvalue weighted by molar-refractivity contribution is 5.80.